The number of carboxylic acids is 1. The summed E-state index contributed by atoms with van der Waals surface area (Å²) < 4.78 is 1.02. The summed E-state index contributed by atoms with van der Waals surface area (Å²) in [4.78, 5) is 25.1. The molecule has 0 bridgehead atoms. The molecule has 0 radical (unpaired) electrons. The van der Waals surface area contributed by atoms with Crippen molar-refractivity contribution in [1.82, 2.24) is 4.90 Å². The SMILES string of the molecule is Cc1ccc(C(=O)N(C2CC2)C(C)C(=O)O)cc1I. The van der Waals surface area contributed by atoms with Gasteiger partial charge in [-0.15, -0.1) is 0 Å². The van der Waals surface area contributed by atoms with Gasteiger partial charge >= 0.3 is 5.97 Å². The van der Waals surface area contributed by atoms with Gasteiger partial charge in [0.2, 0.25) is 0 Å². The summed E-state index contributed by atoms with van der Waals surface area (Å²) in [6.45, 7) is 3.55. The number of halogens is 1. The van der Waals surface area contributed by atoms with Crippen LogP contribution in [0.2, 0.25) is 0 Å². The van der Waals surface area contributed by atoms with Crippen LogP contribution in [0.1, 0.15) is 35.7 Å². The normalized spacial score (nSPS) is 15.9. The molecular formula is C14H16INO3. The second-order valence-corrected chi connectivity index (χ2v) is 6.08. The second kappa shape index (κ2) is 5.48. The lowest BCUT2D eigenvalue weighted by Crippen LogP contribution is -2.44. The van der Waals surface area contributed by atoms with Crippen LogP contribution in [0.15, 0.2) is 18.2 Å². The molecule has 0 saturated heterocycles. The molecule has 1 aliphatic rings. The number of aryl methyl sites for hydroxylation is 1. The van der Waals surface area contributed by atoms with Crippen LogP contribution in [0.3, 0.4) is 0 Å². The van der Waals surface area contributed by atoms with E-state index in [0.717, 1.165) is 22.0 Å². The van der Waals surface area contributed by atoms with Gasteiger partial charge in [-0.2, -0.15) is 0 Å². The minimum absolute atomic E-state index is 0.0811. The van der Waals surface area contributed by atoms with Crippen molar-refractivity contribution in [3.63, 3.8) is 0 Å². The topological polar surface area (TPSA) is 57.6 Å². The molecule has 1 N–H and O–H groups in total. The molecular weight excluding hydrogens is 357 g/mol. The minimum atomic E-state index is -0.956. The monoisotopic (exact) mass is 373 g/mol. The molecule has 1 aromatic carbocycles. The Labute approximate surface area is 125 Å². The van der Waals surface area contributed by atoms with E-state index in [1.807, 2.05) is 19.1 Å². The fraction of sp³-hybridized carbons (Fsp3) is 0.429. The van der Waals surface area contributed by atoms with Crippen molar-refractivity contribution < 1.29 is 14.7 Å². The average molecular weight is 373 g/mol. The third kappa shape index (κ3) is 3.08. The molecule has 1 unspecified atom stereocenters. The quantitative estimate of drug-likeness (QED) is 0.826. The number of carboxylic acid groups (broad SMARTS) is 1. The van der Waals surface area contributed by atoms with E-state index in [0.29, 0.717) is 5.56 Å². The van der Waals surface area contributed by atoms with E-state index in [1.54, 1.807) is 13.0 Å². The molecule has 0 spiro atoms. The number of rotatable bonds is 4. The number of amides is 1. The summed E-state index contributed by atoms with van der Waals surface area (Å²) in [5, 5.41) is 9.13. The highest BCUT2D eigenvalue weighted by Gasteiger charge is 2.38. The molecule has 19 heavy (non-hydrogen) atoms. The average Bonchev–Trinajstić information content (AvgIpc) is 3.17. The summed E-state index contributed by atoms with van der Waals surface area (Å²) in [5.74, 6) is -1.14. The zero-order chi connectivity index (χ0) is 14.2. The van der Waals surface area contributed by atoms with Crippen LogP contribution in [0.5, 0.6) is 0 Å². The van der Waals surface area contributed by atoms with Crippen LogP contribution in [-0.4, -0.2) is 34.0 Å². The van der Waals surface area contributed by atoms with Gasteiger partial charge in [-0.05, 0) is 67.0 Å². The van der Waals surface area contributed by atoms with Gasteiger partial charge in [-0.3, -0.25) is 4.79 Å². The number of carbonyl (C=O) groups is 2. The van der Waals surface area contributed by atoms with Crippen LogP contribution in [0.25, 0.3) is 0 Å². The number of nitrogens with zero attached hydrogens (tertiary/aromatic N) is 1. The van der Waals surface area contributed by atoms with Gasteiger partial charge in [-0.1, -0.05) is 6.07 Å². The van der Waals surface area contributed by atoms with E-state index in [9.17, 15) is 9.59 Å². The van der Waals surface area contributed by atoms with Gasteiger partial charge in [0.15, 0.2) is 0 Å². The predicted octanol–water partition coefficient (Wildman–Crippen LogP) is 2.68. The van der Waals surface area contributed by atoms with Crippen LogP contribution < -0.4 is 0 Å². The lowest BCUT2D eigenvalue weighted by Gasteiger charge is -2.26. The van der Waals surface area contributed by atoms with Crippen molar-refractivity contribution >= 4 is 34.5 Å². The van der Waals surface area contributed by atoms with E-state index < -0.39 is 12.0 Å². The molecule has 1 saturated carbocycles. The first-order chi connectivity index (χ1) is 8.91. The molecule has 0 aliphatic heterocycles. The van der Waals surface area contributed by atoms with Crippen molar-refractivity contribution in [3.8, 4) is 0 Å². The maximum absolute atomic E-state index is 12.5. The molecule has 1 aromatic rings. The smallest absolute Gasteiger partial charge is 0.326 e. The number of carbonyl (C=O) groups excluding carboxylic acids is 1. The van der Waals surface area contributed by atoms with Crippen molar-refractivity contribution in [3.05, 3.63) is 32.9 Å². The van der Waals surface area contributed by atoms with Crippen LogP contribution in [0.4, 0.5) is 0 Å². The van der Waals surface area contributed by atoms with E-state index in [-0.39, 0.29) is 11.9 Å². The Balaban J connectivity index is 2.28. The van der Waals surface area contributed by atoms with Gasteiger partial charge in [0, 0.05) is 15.2 Å². The molecule has 1 fully saturated rings. The Morgan fingerprint density at radius 1 is 1.42 bits per heavy atom. The van der Waals surface area contributed by atoms with Gasteiger partial charge in [0.25, 0.3) is 5.91 Å². The summed E-state index contributed by atoms with van der Waals surface area (Å²) in [5.41, 5.74) is 1.68. The summed E-state index contributed by atoms with van der Waals surface area (Å²) >= 11 is 2.18. The van der Waals surface area contributed by atoms with E-state index in [1.165, 1.54) is 4.90 Å². The lowest BCUT2D eigenvalue weighted by atomic mass is 10.1. The lowest BCUT2D eigenvalue weighted by molar-refractivity contribution is -0.141. The summed E-state index contributed by atoms with van der Waals surface area (Å²) in [7, 11) is 0. The molecule has 1 atom stereocenters. The highest BCUT2D eigenvalue weighted by atomic mass is 127. The maximum Gasteiger partial charge on any atom is 0.326 e. The molecule has 1 amide bonds. The first-order valence-electron chi connectivity index (χ1n) is 6.23. The molecule has 1 aliphatic carbocycles. The van der Waals surface area contributed by atoms with E-state index >= 15 is 0 Å². The zero-order valence-electron chi connectivity index (χ0n) is 10.9. The van der Waals surface area contributed by atoms with Crippen LogP contribution in [0, 0.1) is 10.5 Å². The molecule has 0 aromatic heterocycles. The maximum atomic E-state index is 12.5. The Morgan fingerprint density at radius 3 is 2.53 bits per heavy atom. The third-order valence-corrected chi connectivity index (χ3v) is 4.53. The highest BCUT2D eigenvalue weighted by molar-refractivity contribution is 14.1. The van der Waals surface area contributed by atoms with E-state index in [2.05, 4.69) is 22.6 Å². The van der Waals surface area contributed by atoms with Crippen molar-refractivity contribution in [2.75, 3.05) is 0 Å². The molecule has 2 rings (SSSR count). The summed E-state index contributed by atoms with van der Waals surface area (Å²) in [6, 6.07) is 4.79. The summed E-state index contributed by atoms with van der Waals surface area (Å²) in [6.07, 6.45) is 1.79. The molecule has 0 heterocycles. The predicted molar refractivity (Wildman–Crippen MR) is 80.2 cm³/mol. The second-order valence-electron chi connectivity index (χ2n) is 4.92. The largest absolute Gasteiger partial charge is 0.480 e. The Bertz CT molecular complexity index is 525. The first kappa shape index (κ1) is 14.3. The fourth-order valence-electron chi connectivity index (χ4n) is 2.00. The molecule has 102 valence electrons. The third-order valence-electron chi connectivity index (χ3n) is 3.37. The van der Waals surface area contributed by atoms with Gasteiger partial charge in [0.05, 0.1) is 0 Å². The van der Waals surface area contributed by atoms with Crippen molar-refractivity contribution in [1.29, 1.82) is 0 Å². The van der Waals surface area contributed by atoms with Gasteiger partial charge < -0.3 is 10.0 Å². The van der Waals surface area contributed by atoms with E-state index in [4.69, 9.17) is 5.11 Å². The Hall–Kier alpha value is -1.11. The molecule has 4 nitrogen and oxygen atoms in total. The Kier molecular flexibility index (Phi) is 4.13. The standard InChI is InChI=1S/C14H16INO3/c1-8-3-4-10(7-12(8)15)13(17)16(11-5-6-11)9(2)14(18)19/h3-4,7,9,11H,5-6H2,1-2H3,(H,18,19). The van der Waals surface area contributed by atoms with Crippen LogP contribution >= 0.6 is 22.6 Å². The number of hydrogen-bond acceptors (Lipinski definition) is 2. The fourth-order valence-corrected chi connectivity index (χ4v) is 2.52. The van der Waals surface area contributed by atoms with Gasteiger partial charge in [-0.25, -0.2) is 4.79 Å². The zero-order valence-corrected chi connectivity index (χ0v) is 13.0. The van der Waals surface area contributed by atoms with Crippen LogP contribution in [-0.2, 0) is 4.79 Å². The number of benzene rings is 1. The van der Waals surface area contributed by atoms with Gasteiger partial charge in [0.1, 0.15) is 6.04 Å². The minimum Gasteiger partial charge on any atom is -0.480 e. The number of hydrogen-bond donors (Lipinski definition) is 1. The first-order valence-corrected chi connectivity index (χ1v) is 7.31. The molecule has 5 heteroatoms. The van der Waals surface area contributed by atoms with Crippen molar-refractivity contribution in [2.24, 2.45) is 0 Å². The number of aliphatic carboxylic acids is 1. The van der Waals surface area contributed by atoms with Crippen molar-refractivity contribution in [2.45, 2.75) is 38.8 Å². The highest BCUT2D eigenvalue weighted by Crippen LogP contribution is 2.30. The Morgan fingerprint density at radius 2 is 2.05 bits per heavy atom.